The highest BCUT2D eigenvalue weighted by molar-refractivity contribution is 5.78. The van der Waals surface area contributed by atoms with Gasteiger partial charge in [-0.05, 0) is 13.3 Å². The minimum atomic E-state index is -0.812. The summed E-state index contributed by atoms with van der Waals surface area (Å²) in [6, 6.07) is 0. The van der Waals surface area contributed by atoms with Crippen LogP contribution in [0.2, 0.25) is 0 Å². The first-order valence-corrected chi connectivity index (χ1v) is 4.54. The lowest BCUT2D eigenvalue weighted by Gasteiger charge is -2.25. The van der Waals surface area contributed by atoms with E-state index in [0.717, 1.165) is 6.42 Å². The molecular formula is C9H19NO3. The number of nitrogens with one attached hydrogen (secondary N) is 1. The highest BCUT2D eigenvalue weighted by Gasteiger charge is 2.30. The van der Waals surface area contributed by atoms with Crippen LogP contribution >= 0.6 is 0 Å². The van der Waals surface area contributed by atoms with Crippen LogP contribution in [0.1, 0.15) is 26.7 Å². The molecule has 0 saturated heterocycles. The number of hydrogen-bond acceptors (Lipinski definition) is 3. The molecule has 13 heavy (non-hydrogen) atoms. The van der Waals surface area contributed by atoms with Crippen molar-refractivity contribution in [2.45, 2.75) is 32.2 Å². The predicted octanol–water partition coefficient (Wildman–Crippen LogP) is 0.866. The third-order valence-corrected chi connectivity index (χ3v) is 2.04. The summed E-state index contributed by atoms with van der Waals surface area (Å²) in [5.41, 5.74) is -0.812. The van der Waals surface area contributed by atoms with E-state index < -0.39 is 11.5 Å². The molecule has 0 bridgehead atoms. The molecule has 1 unspecified atom stereocenters. The standard InChI is InChI=1S/C9H19NO3/c1-4-5-9(2,8(11)12)10-6-7-13-3/h10H,4-7H2,1-3H3,(H,11,12). The maximum Gasteiger partial charge on any atom is 0.323 e. The van der Waals surface area contributed by atoms with E-state index in [0.29, 0.717) is 19.6 Å². The van der Waals surface area contributed by atoms with E-state index in [2.05, 4.69) is 5.32 Å². The number of carboxylic acid groups (broad SMARTS) is 1. The zero-order valence-corrected chi connectivity index (χ0v) is 8.59. The van der Waals surface area contributed by atoms with E-state index in [-0.39, 0.29) is 0 Å². The molecule has 0 aromatic rings. The second-order valence-corrected chi connectivity index (χ2v) is 3.31. The Morgan fingerprint density at radius 3 is 2.62 bits per heavy atom. The summed E-state index contributed by atoms with van der Waals surface area (Å²) in [5, 5.41) is 11.9. The van der Waals surface area contributed by atoms with Crippen LogP contribution in [0, 0.1) is 0 Å². The maximum absolute atomic E-state index is 10.9. The van der Waals surface area contributed by atoms with Crippen molar-refractivity contribution >= 4 is 5.97 Å². The van der Waals surface area contributed by atoms with Crippen LogP contribution in [-0.2, 0) is 9.53 Å². The van der Waals surface area contributed by atoms with E-state index in [1.165, 1.54) is 0 Å². The summed E-state index contributed by atoms with van der Waals surface area (Å²) in [5.74, 6) is -0.801. The molecule has 0 aliphatic carbocycles. The molecule has 0 aromatic heterocycles. The first-order chi connectivity index (χ1) is 6.06. The molecule has 0 heterocycles. The molecule has 0 spiro atoms. The van der Waals surface area contributed by atoms with Crippen LogP contribution in [0.5, 0.6) is 0 Å². The Hall–Kier alpha value is -0.610. The van der Waals surface area contributed by atoms with Crippen molar-refractivity contribution in [3.8, 4) is 0 Å². The molecule has 0 fully saturated rings. The number of methoxy groups -OCH3 is 1. The molecule has 0 rings (SSSR count). The fourth-order valence-corrected chi connectivity index (χ4v) is 1.20. The van der Waals surface area contributed by atoms with Crippen molar-refractivity contribution in [2.75, 3.05) is 20.3 Å². The third-order valence-electron chi connectivity index (χ3n) is 2.04. The quantitative estimate of drug-likeness (QED) is 0.583. The van der Waals surface area contributed by atoms with Gasteiger partial charge < -0.3 is 9.84 Å². The maximum atomic E-state index is 10.9. The smallest absolute Gasteiger partial charge is 0.323 e. The number of hydrogen-bond donors (Lipinski definition) is 2. The summed E-state index contributed by atoms with van der Waals surface area (Å²) in [6.07, 6.45) is 1.48. The first kappa shape index (κ1) is 12.4. The van der Waals surface area contributed by atoms with E-state index in [4.69, 9.17) is 9.84 Å². The molecule has 0 radical (unpaired) electrons. The Labute approximate surface area is 79.3 Å². The SMILES string of the molecule is CCCC(C)(NCCOC)C(=O)O. The van der Waals surface area contributed by atoms with E-state index in [1.54, 1.807) is 14.0 Å². The molecule has 0 aliphatic heterocycles. The van der Waals surface area contributed by atoms with E-state index in [9.17, 15) is 4.79 Å². The second kappa shape index (κ2) is 5.94. The lowest BCUT2D eigenvalue weighted by molar-refractivity contribution is -0.144. The van der Waals surface area contributed by atoms with Gasteiger partial charge >= 0.3 is 5.97 Å². The number of carbonyl (C=O) groups is 1. The highest BCUT2D eigenvalue weighted by Crippen LogP contribution is 2.11. The molecule has 2 N–H and O–H groups in total. The summed E-state index contributed by atoms with van der Waals surface area (Å²) >= 11 is 0. The van der Waals surface area contributed by atoms with E-state index in [1.807, 2.05) is 6.92 Å². The van der Waals surface area contributed by atoms with Gasteiger partial charge in [-0.3, -0.25) is 10.1 Å². The number of carboxylic acids is 1. The summed E-state index contributed by atoms with van der Waals surface area (Å²) < 4.78 is 4.84. The van der Waals surface area contributed by atoms with Crippen LogP contribution < -0.4 is 5.32 Å². The summed E-state index contributed by atoms with van der Waals surface area (Å²) in [4.78, 5) is 10.9. The molecular weight excluding hydrogens is 170 g/mol. The van der Waals surface area contributed by atoms with Crippen molar-refractivity contribution in [2.24, 2.45) is 0 Å². The van der Waals surface area contributed by atoms with Gasteiger partial charge in [0.15, 0.2) is 0 Å². The van der Waals surface area contributed by atoms with Gasteiger partial charge in [0.25, 0.3) is 0 Å². The van der Waals surface area contributed by atoms with Gasteiger partial charge in [-0.15, -0.1) is 0 Å². The van der Waals surface area contributed by atoms with Crippen molar-refractivity contribution in [3.63, 3.8) is 0 Å². The molecule has 0 saturated carbocycles. The monoisotopic (exact) mass is 189 g/mol. The van der Waals surface area contributed by atoms with Gasteiger partial charge in [-0.2, -0.15) is 0 Å². The number of aliphatic carboxylic acids is 1. The first-order valence-electron chi connectivity index (χ1n) is 4.54. The Kier molecular flexibility index (Phi) is 5.66. The normalized spacial score (nSPS) is 15.3. The zero-order valence-electron chi connectivity index (χ0n) is 8.59. The Balaban J connectivity index is 4.00. The van der Waals surface area contributed by atoms with Gasteiger partial charge in [0.05, 0.1) is 6.61 Å². The van der Waals surface area contributed by atoms with Crippen LogP contribution in [0.3, 0.4) is 0 Å². The molecule has 78 valence electrons. The molecule has 0 amide bonds. The van der Waals surface area contributed by atoms with Gasteiger partial charge in [-0.1, -0.05) is 13.3 Å². The fraction of sp³-hybridized carbons (Fsp3) is 0.889. The molecule has 1 atom stereocenters. The summed E-state index contributed by atoms with van der Waals surface area (Å²) in [7, 11) is 1.60. The van der Waals surface area contributed by atoms with Gasteiger partial charge in [-0.25, -0.2) is 0 Å². The number of rotatable bonds is 7. The highest BCUT2D eigenvalue weighted by atomic mass is 16.5. The Morgan fingerprint density at radius 1 is 1.62 bits per heavy atom. The zero-order chi connectivity index (χ0) is 10.3. The van der Waals surface area contributed by atoms with Crippen LogP contribution in [0.25, 0.3) is 0 Å². The third kappa shape index (κ3) is 4.24. The molecule has 0 aromatic carbocycles. The van der Waals surface area contributed by atoms with E-state index >= 15 is 0 Å². The second-order valence-electron chi connectivity index (χ2n) is 3.31. The summed E-state index contributed by atoms with van der Waals surface area (Å²) in [6.45, 7) is 4.78. The van der Waals surface area contributed by atoms with Crippen LogP contribution in [0.15, 0.2) is 0 Å². The lowest BCUT2D eigenvalue weighted by Crippen LogP contribution is -2.50. The van der Waals surface area contributed by atoms with Gasteiger partial charge in [0, 0.05) is 13.7 Å². The predicted molar refractivity (Wildman–Crippen MR) is 50.8 cm³/mol. The van der Waals surface area contributed by atoms with Crippen LogP contribution in [0.4, 0.5) is 0 Å². The number of ether oxygens (including phenoxy) is 1. The topological polar surface area (TPSA) is 58.6 Å². The Bertz CT molecular complexity index is 161. The van der Waals surface area contributed by atoms with Crippen molar-refractivity contribution in [3.05, 3.63) is 0 Å². The van der Waals surface area contributed by atoms with Crippen molar-refractivity contribution < 1.29 is 14.6 Å². The molecule has 4 nitrogen and oxygen atoms in total. The minimum absolute atomic E-state index is 0.534. The van der Waals surface area contributed by atoms with Crippen LogP contribution in [-0.4, -0.2) is 36.9 Å². The van der Waals surface area contributed by atoms with Crippen molar-refractivity contribution in [1.29, 1.82) is 0 Å². The average Bonchev–Trinajstić information content (AvgIpc) is 2.05. The Morgan fingerprint density at radius 2 is 2.23 bits per heavy atom. The lowest BCUT2D eigenvalue weighted by atomic mass is 9.96. The van der Waals surface area contributed by atoms with Crippen molar-refractivity contribution in [1.82, 2.24) is 5.32 Å². The van der Waals surface area contributed by atoms with Gasteiger partial charge in [0.2, 0.25) is 0 Å². The average molecular weight is 189 g/mol. The minimum Gasteiger partial charge on any atom is -0.480 e. The largest absolute Gasteiger partial charge is 0.480 e. The molecule has 0 aliphatic rings. The fourth-order valence-electron chi connectivity index (χ4n) is 1.20. The molecule has 4 heteroatoms. The van der Waals surface area contributed by atoms with Gasteiger partial charge in [0.1, 0.15) is 5.54 Å².